The lowest BCUT2D eigenvalue weighted by molar-refractivity contribution is -0.120. The molecule has 0 aliphatic rings. The molecule has 0 radical (unpaired) electrons. The Balaban J connectivity index is 1.58. The molecule has 7 nitrogen and oxygen atoms in total. The number of carbonyl (C=O) groups is 2. The largest absolute Gasteiger partial charge is 0.494 e. The zero-order valence-electron chi connectivity index (χ0n) is 16.1. The van der Waals surface area contributed by atoms with Crippen LogP contribution < -0.4 is 10.2 Å². The first kappa shape index (κ1) is 21.1. The van der Waals surface area contributed by atoms with Crippen LogP contribution in [-0.4, -0.2) is 29.8 Å². The van der Waals surface area contributed by atoms with Gasteiger partial charge in [-0.05, 0) is 55.0 Å². The number of hydrazone groups is 1. The Morgan fingerprint density at radius 1 is 1.17 bits per heavy atom. The molecule has 0 atom stereocenters. The molecular weight excluding hydrogens is 408 g/mol. The number of hydrogen-bond donors (Lipinski definition) is 2. The van der Waals surface area contributed by atoms with E-state index in [0.717, 1.165) is 11.3 Å². The molecule has 0 unspecified atom stereocenters. The van der Waals surface area contributed by atoms with Gasteiger partial charge in [0.05, 0.1) is 29.8 Å². The molecule has 1 aromatic heterocycles. The standard InChI is InChI=1S/C22H19ClN2O5/c1-2-29-16-6-3-14(4-7-16)11-21(26)25-24-13-17-8-10-20(30-17)15-5-9-19(23)18(12-15)22(27)28/h3-10,12-13H,2,11H2,1H3,(H,25,26)(H,27,28)/b24-13-. The summed E-state index contributed by atoms with van der Waals surface area (Å²) in [5.74, 6) is 0.218. The normalized spacial score (nSPS) is 10.9. The van der Waals surface area contributed by atoms with Crippen molar-refractivity contribution in [2.24, 2.45) is 5.10 Å². The van der Waals surface area contributed by atoms with Crippen molar-refractivity contribution in [1.29, 1.82) is 0 Å². The number of carboxylic acids is 1. The Kier molecular flexibility index (Phi) is 6.87. The third-order valence-corrected chi connectivity index (χ3v) is 4.42. The second kappa shape index (κ2) is 9.76. The number of nitrogens with one attached hydrogen (secondary N) is 1. The number of furan rings is 1. The maximum Gasteiger partial charge on any atom is 0.337 e. The molecule has 1 heterocycles. The van der Waals surface area contributed by atoms with Gasteiger partial charge in [-0.15, -0.1) is 0 Å². The fourth-order valence-corrected chi connectivity index (χ4v) is 2.88. The van der Waals surface area contributed by atoms with E-state index in [1.165, 1.54) is 18.3 Å². The van der Waals surface area contributed by atoms with E-state index in [4.69, 9.17) is 20.8 Å². The maximum atomic E-state index is 12.0. The van der Waals surface area contributed by atoms with Crippen LogP contribution in [0.4, 0.5) is 0 Å². The zero-order chi connectivity index (χ0) is 21.5. The average molecular weight is 427 g/mol. The highest BCUT2D eigenvalue weighted by Crippen LogP contribution is 2.26. The molecular formula is C22H19ClN2O5. The first-order valence-corrected chi connectivity index (χ1v) is 9.50. The van der Waals surface area contributed by atoms with E-state index in [0.29, 0.717) is 23.7 Å². The molecule has 0 saturated carbocycles. The van der Waals surface area contributed by atoms with Crippen LogP contribution in [0.15, 0.2) is 64.1 Å². The minimum atomic E-state index is -1.12. The van der Waals surface area contributed by atoms with Crippen LogP contribution in [0.5, 0.6) is 5.75 Å². The Hall–Kier alpha value is -3.58. The number of benzene rings is 2. The highest BCUT2D eigenvalue weighted by atomic mass is 35.5. The summed E-state index contributed by atoms with van der Waals surface area (Å²) < 4.78 is 11.0. The van der Waals surface area contributed by atoms with Crippen LogP contribution in [0.3, 0.4) is 0 Å². The molecule has 1 amide bonds. The van der Waals surface area contributed by atoms with E-state index < -0.39 is 5.97 Å². The minimum absolute atomic E-state index is 0.0117. The van der Waals surface area contributed by atoms with Crippen molar-refractivity contribution in [3.63, 3.8) is 0 Å². The van der Waals surface area contributed by atoms with Crippen molar-refractivity contribution in [3.8, 4) is 17.1 Å². The number of amides is 1. The summed E-state index contributed by atoms with van der Waals surface area (Å²) in [5.41, 5.74) is 3.83. The van der Waals surface area contributed by atoms with Gasteiger partial charge in [-0.3, -0.25) is 4.79 Å². The van der Waals surface area contributed by atoms with Gasteiger partial charge in [-0.2, -0.15) is 5.10 Å². The van der Waals surface area contributed by atoms with Gasteiger partial charge in [0.25, 0.3) is 0 Å². The number of rotatable bonds is 8. The third kappa shape index (κ3) is 5.48. The first-order valence-electron chi connectivity index (χ1n) is 9.13. The minimum Gasteiger partial charge on any atom is -0.494 e. The van der Waals surface area contributed by atoms with Crippen LogP contribution in [-0.2, 0) is 11.2 Å². The fourth-order valence-electron chi connectivity index (χ4n) is 2.68. The van der Waals surface area contributed by atoms with Gasteiger partial charge in [0.15, 0.2) is 0 Å². The van der Waals surface area contributed by atoms with Crippen molar-refractivity contribution in [3.05, 3.63) is 76.5 Å². The summed E-state index contributed by atoms with van der Waals surface area (Å²) >= 11 is 5.88. The summed E-state index contributed by atoms with van der Waals surface area (Å²) in [6.45, 7) is 2.49. The average Bonchev–Trinajstić information content (AvgIpc) is 3.19. The van der Waals surface area contributed by atoms with E-state index in [-0.39, 0.29) is 22.9 Å². The van der Waals surface area contributed by atoms with Crippen molar-refractivity contribution < 1.29 is 23.8 Å². The summed E-state index contributed by atoms with van der Waals surface area (Å²) in [4.78, 5) is 23.2. The molecule has 2 aromatic carbocycles. The highest BCUT2D eigenvalue weighted by molar-refractivity contribution is 6.33. The molecule has 30 heavy (non-hydrogen) atoms. The second-order valence-electron chi connectivity index (χ2n) is 6.25. The zero-order valence-corrected chi connectivity index (χ0v) is 16.8. The van der Waals surface area contributed by atoms with Crippen molar-refractivity contribution in [2.75, 3.05) is 6.61 Å². The first-order chi connectivity index (χ1) is 14.5. The van der Waals surface area contributed by atoms with E-state index in [1.54, 1.807) is 18.2 Å². The summed E-state index contributed by atoms with van der Waals surface area (Å²) in [5, 5.41) is 13.2. The molecule has 154 valence electrons. The molecule has 0 aliphatic carbocycles. The maximum absolute atomic E-state index is 12.0. The van der Waals surface area contributed by atoms with Gasteiger partial charge in [0.1, 0.15) is 17.3 Å². The van der Waals surface area contributed by atoms with Crippen molar-refractivity contribution in [1.82, 2.24) is 5.43 Å². The number of carbonyl (C=O) groups excluding carboxylic acids is 1. The monoisotopic (exact) mass is 426 g/mol. The molecule has 0 bridgehead atoms. The number of carboxylic acid groups (broad SMARTS) is 1. The topological polar surface area (TPSA) is 101 Å². The lowest BCUT2D eigenvalue weighted by Gasteiger charge is -2.04. The van der Waals surface area contributed by atoms with E-state index >= 15 is 0 Å². The van der Waals surface area contributed by atoms with Crippen LogP contribution in [0.25, 0.3) is 11.3 Å². The van der Waals surface area contributed by atoms with Crippen LogP contribution in [0.2, 0.25) is 5.02 Å². The van der Waals surface area contributed by atoms with Gasteiger partial charge in [0.2, 0.25) is 5.91 Å². The van der Waals surface area contributed by atoms with Gasteiger partial charge in [-0.25, -0.2) is 10.2 Å². The number of hydrogen-bond acceptors (Lipinski definition) is 5. The quantitative estimate of drug-likeness (QED) is 0.411. The Morgan fingerprint density at radius 3 is 2.63 bits per heavy atom. The van der Waals surface area contributed by atoms with Crippen molar-refractivity contribution in [2.45, 2.75) is 13.3 Å². The van der Waals surface area contributed by atoms with Gasteiger partial charge < -0.3 is 14.3 Å². The van der Waals surface area contributed by atoms with Crippen LogP contribution in [0.1, 0.15) is 28.6 Å². The molecule has 0 saturated heterocycles. The van der Waals surface area contributed by atoms with Crippen LogP contribution >= 0.6 is 11.6 Å². The fraction of sp³-hybridized carbons (Fsp3) is 0.136. The third-order valence-electron chi connectivity index (χ3n) is 4.09. The molecule has 0 spiro atoms. The Morgan fingerprint density at radius 2 is 1.93 bits per heavy atom. The Bertz CT molecular complexity index is 1070. The number of nitrogens with zero attached hydrogens (tertiary/aromatic N) is 1. The predicted octanol–water partition coefficient (Wildman–Crippen LogP) is 4.39. The lowest BCUT2D eigenvalue weighted by Crippen LogP contribution is -2.19. The number of ether oxygens (including phenoxy) is 1. The van der Waals surface area contributed by atoms with Gasteiger partial charge in [-0.1, -0.05) is 23.7 Å². The molecule has 3 rings (SSSR count). The number of aromatic carboxylic acids is 1. The van der Waals surface area contributed by atoms with E-state index in [2.05, 4.69) is 10.5 Å². The highest BCUT2D eigenvalue weighted by Gasteiger charge is 2.12. The predicted molar refractivity (Wildman–Crippen MR) is 113 cm³/mol. The molecule has 3 aromatic rings. The molecule has 2 N–H and O–H groups in total. The Labute approximate surface area is 177 Å². The lowest BCUT2D eigenvalue weighted by atomic mass is 10.1. The summed E-state index contributed by atoms with van der Waals surface area (Å²) in [6, 6.07) is 15.2. The smallest absolute Gasteiger partial charge is 0.337 e. The van der Waals surface area contributed by atoms with Crippen LogP contribution in [0, 0.1) is 0 Å². The van der Waals surface area contributed by atoms with E-state index in [1.807, 2.05) is 31.2 Å². The SMILES string of the molecule is CCOc1ccc(CC(=O)N/N=C\c2ccc(-c3ccc(Cl)c(C(=O)O)c3)o2)cc1. The molecule has 0 fully saturated rings. The van der Waals surface area contributed by atoms with Gasteiger partial charge in [0, 0.05) is 5.56 Å². The van der Waals surface area contributed by atoms with Crippen molar-refractivity contribution >= 4 is 29.7 Å². The number of halogens is 1. The molecule has 0 aliphatic heterocycles. The van der Waals surface area contributed by atoms with Gasteiger partial charge >= 0.3 is 5.97 Å². The summed E-state index contributed by atoms with van der Waals surface area (Å²) in [6.07, 6.45) is 1.55. The molecule has 8 heteroatoms. The summed E-state index contributed by atoms with van der Waals surface area (Å²) in [7, 11) is 0. The van der Waals surface area contributed by atoms with E-state index in [9.17, 15) is 14.7 Å². The second-order valence-corrected chi connectivity index (χ2v) is 6.66.